The fourth-order valence-electron chi connectivity index (χ4n) is 3.59. The lowest BCUT2D eigenvalue weighted by Crippen LogP contribution is -2.32. The molecule has 1 N–H and O–H groups in total. The molecule has 0 aliphatic carbocycles. The van der Waals surface area contributed by atoms with Crippen LogP contribution >= 0.6 is 0 Å². The summed E-state index contributed by atoms with van der Waals surface area (Å²) < 4.78 is 0. The van der Waals surface area contributed by atoms with E-state index in [9.17, 15) is 0 Å². The lowest BCUT2D eigenvalue weighted by molar-refractivity contribution is 0.222. The van der Waals surface area contributed by atoms with Gasteiger partial charge in [0.1, 0.15) is 0 Å². The van der Waals surface area contributed by atoms with Crippen LogP contribution in [0.25, 0.3) is 0 Å². The molecule has 1 unspecified atom stereocenters. The van der Waals surface area contributed by atoms with Crippen LogP contribution in [0, 0.1) is 0 Å². The number of nitrogens with one attached hydrogen (secondary N) is 1. The van der Waals surface area contributed by atoms with Gasteiger partial charge in [-0.2, -0.15) is 0 Å². The Hall–Kier alpha value is -0.860. The van der Waals surface area contributed by atoms with Gasteiger partial charge in [-0.15, -0.1) is 0 Å². The van der Waals surface area contributed by atoms with Crippen molar-refractivity contribution in [1.29, 1.82) is 0 Å². The summed E-state index contributed by atoms with van der Waals surface area (Å²) >= 11 is 0. The SMILES string of the molecule is c1ccc2c(c1)CNCC2CCCN1CCCCC1. The molecule has 1 aromatic carbocycles. The molecule has 0 amide bonds. The predicted molar refractivity (Wildman–Crippen MR) is 80.4 cm³/mol. The molecule has 0 radical (unpaired) electrons. The Balaban J connectivity index is 1.50. The second kappa shape index (κ2) is 6.53. The molecule has 0 spiro atoms. The lowest BCUT2D eigenvalue weighted by atomic mass is 9.87. The van der Waals surface area contributed by atoms with Gasteiger partial charge in [-0.05, 0) is 62.4 Å². The second-order valence-electron chi connectivity index (χ2n) is 6.07. The minimum absolute atomic E-state index is 0.731. The van der Waals surface area contributed by atoms with E-state index in [1.54, 1.807) is 5.56 Å². The normalized spacial score (nSPS) is 24.1. The van der Waals surface area contributed by atoms with E-state index in [1.807, 2.05) is 0 Å². The Kier molecular flexibility index (Phi) is 4.52. The first kappa shape index (κ1) is 13.1. The van der Waals surface area contributed by atoms with Crippen molar-refractivity contribution in [3.05, 3.63) is 35.4 Å². The first-order valence-corrected chi connectivity index (χ1v) is 7.94. The summed E-state index contributed by atoms with van der Waals surface area (Å²) in [5.41, 5.74) is 3.11. The average molecular weight is 258 g/mol. The number of benzene rings is 1. The van der Waals surface area contributed by atoms with Gasteiger partial charge in [-0.25, -0.2) is 0 Å². The third-order valence-electron chi connectivity index (χ3n) is 4.68. The lowest BCUT2D eigenvalue weighted by Gasteiger charge is -2.29. The fourth-order valence-corrected chi connectivity index (χ4v) is 3.59. The van der Waals surface area contributed by atoms with Gasteiger partial charge in [-0.3, -0.25) is 0 Å². The maximum atomic E-state index is 3.57. The van der Waals surface area contributed by atoms with Gasteiger partial charge in [0.05, 0.1) is 0 Å². The number of piperidine rings is 1. The van der Waals surface area contributed by atoms with Gasteiger partial charge < -0.3 is 10.2 Å². The van der Waals surface area contributed by atoms with E-state index in [0.29, 0.717) is 0 Å². The molecular formula is C17H26N2. The topological polar surface area (TPSA) is 15.3 Å². The van der Waals surface area contributed by atoms with Crippen LogP contribution in [0.4, 0.5) is 0 Å². The molecule has 2 aliphatic rings. The molecule has 104 valence electrons. The highest BCUT2D eigenvalue weighted by molar-refractivity contribution is 5.32. The summed E-state index contributed by atoms with van der Waals surface area (Å²) in [5.74, 6) is 0.731. The summed E-state index contributed by atoms with van der Waals surface area (Å²) in [6.45, 7) is 6.19. The highest BCUT2D eigenvalue weighted by Crippen LogP contribution is 2.27. The molecule has 1 fully saturated rings. The van der Waals surface area contributed by atoms with E-state index >= 15 is 0 Å². The molecular weight excluding hydrogens is 232 g/mol. The van der Waals surface area contributed by atoms with Crippen LogP contribution < -0.4 is 5.32 Å². The van der Waals surface area contributed by atoms with Crippen molar-refractivity contribution in [3.63, 3.8) is 0 Å². The zero-order valence-electron chi connectivity index (χ0n) is 11.9. The van der Waals surface area contributed by atoms with Crippen LogP contribution in [0.1, 0.15) is 49.1 Å². The largest absolute Gasteiger partial charge is 0.312 e. The molecule has 1 aromatic rings. The molecule has 0 bridgehead atoms. The second-order valence-corrected chi connectivity index (χ2v) is 6.07. The summed E-state index contributed by atoms with van der Waals surface area (Å²) in [5, 5.41) is 3.57. The maximum Gasteiger partial charge on any atom is 0.0208 e. The summed E-state index contributed by atoms with van der Waals surface area (Å²) in [6, 6.07) is 8.97. The molecule has 1 saturated heterocycles. The summed E-state index contributed by atoms with van der Waals surface area (Å²) in [6.07, 6.45) is 6.94. The van der Waals surface area contributed by atoms with Gasteiger partial charge >= 0.3 is 0 Å². The molecule has 2 nitrogen and oxygen atoms in total. The maximum absolute atomic E-state index is 3.57. The van der Waals surface area contributed by atoms with Gasteiger partial charge in [0.15, 0.2) is 0 Å². The van der Waals surface area contributed by atoms with Crippen molar-refractivity contribution in [2.45, 2.75) is 44.6 Å². The highest BCUT2D eigenvalue weighted by atomic mass is 15.1. The van der Waals surface area contributed by atoms with Crippen molar-refractivity contribution in [2.24, 2.45) is 0 Å². The van der Waals surface area contributed by atoms with E-state index < -0.39 is 0 Å². The first-order valence-electron chi connectivity index (χ1n) is 7.94. The van der Waals surface area contributed by atoms with Crippen LogP contribution in [-0.2, 0) is 6.54 Å². The molecule has 2 heteroatoms. The van der Waals surface area contributed by atoms with Gasteiger partial charge in [0.25, 0.3) is 0 Å². The first-order chi connectivity index (χ1) is 9.43. The van der Waals surface area contributed by atoms with Gasteiger partial charge in [0, 0.05) is 13.1 Å². The molecule has 2 heterocycles. The van der Waals surface area contributed by atoms with Crippen molar-refractivity contribution in [2.75, 3.05) is 26.2 Å². The minimum atomic E-state index is 0.731. The Morgan fingerprint density at radius 2 is 1.95 bits per heavy atom. The summed E-state index contributed by atoms with van der Waals surface area (Å²) in [4.78, 5) is 2.66. The third-order valence-corrected chi connectivity index (χ3v) is 4.68. The molecule has 0 aromatic heterocycles. The zero-order valence-corrected chi connectivity index (χ0v) is 11.9. The van der Waals surface area contributed by atoms with Gasteiger partial charge in [-0.1, -0.05) is 30.7 Å². The van der Waals surface area contributed by atoms with Crippen LogP contribution in [0.15, 0.2) is 24.3 Å². The predicted octanol–water partition coefficient (Wildman–Crippen LogP) is 3.14. The van der Waals surface area contributed by atoms with Crippen LogP contribution in [0.5, 0.6) is 0 Å². The Bertz CT molecular complexity index is 396. The van der Waals surface area contributed by atoms with Crippen LogP contribution in [-0.4, -0.2) is 31.1 Å². The molecule has 1 atom stereocenters. The number of hydrogen-bond donors (Lipinski definition) is 1. The van der Waals surface area contributed by atoms with E-state index in [-0.39, 0.29) is 0 Å². The Morgan fingerprint density at radius 3 is 2.84 bits per heavy atom. The quantitative estimate of drug-likeness (QED) is 0.892. The number of hydrogen-bond acceptors (Lipinski definition) is 2. The standard InChI is InChI=1S/C17H26N2/c1-4-10-19(11-5-1)12-6-8-16-14-18-13-15-7-2-3-9-17(15)16/h2-3,7,9,16,18H,1,4-6,8,10-14H2. The zero-order chi connectivity index (χ0) is 12.9. The smallest absolute Gasteiger partial charge is 0.0208 e. The van der Waals surface area contributed by atoms with Crippen LogP contribution in [0.2, 0.25) is 0 Å². The molecule has 0 saturated carbocycles. The van der Waals surface area contributed by atoms with Crippen molar-refractivity contribution in [1.82, 2.24) is 10.2 Å². The Labute approximate surface area is 117 Å². The molecule has 3 rings (SSSR count). The fraction of sp³-hybridized carbons (Fsp3) is 0.647. The number of nitrogens with zero attached hydrogens (tertiary/aromatic N) is 1. The van der Waals surface area contributed by atoms with Gasteiger partial charge in [0.2, 0.25) is 0 Å². The number of rotatable bonds is 4. The number of likely N-dealkylation sites (tertiary alicyclic amines) is 1. The van der Waals surface area contributed by atoms with Crippen molar-refractivity contribution < 1.29 is 0 Å². The average Bonchev–Trinajstić information content (AvgIpc) is 2.49. The Morgan fingerprint density at radius 1 is 1.11 bits per heavy atom. The monoisotopic (exact) mass is 258 g/mol. The van der Waals surface area contributed by atoms with E-state index in [2.05, 4.69) is 34.5 Å². The van der Waals surface area contributed by atoms with E-state index in [4.69, 9.17) is 0 Å². The van der Waals surface area contributed by atoms with E-state index in [1.165, 1.54) is 57.3 Å². The number of fused-ring (bicyclic) bond motifs is 1. The molecule has 2 aliphatic heterocycles. The van der Waals surface area contributed by atoms with E-state index in [0.717, 1.165) is 19.0 Å². The third kappa shape index (κ3) is 3.37. The van der Waals surface area contributed by atoms with Crippen LogP contribution in [0.3, 0.4) is 0 Å². The van der Waals surface area contributed by atoms with Crippen molar-refractivity contribution in [3.8, 4) is 0 Å². The highest BCUT2D eigenvalue weighted by Gasteiger charge is 2.19. The minimum Gasteiger partial charge on any atom is -0.312 e. The summed E-state index contributed by atoms with van der Waals surface area (Å²) in [7, 11) is 0. The molecule has 19 heavy (non-hydrogen) atoms. The van der Waals surface area contributed by atoms with Crippen molar-refractivity contribution >= 4 is 0 Å².